The number of amides is 1. The molecule has 0 heterocycles. The Morgan fingerprint density at radius 2 is 1.75 bits per heavy atom. The van der Waals surface area contributed by atoms with Crippen LogP contribution >= 0.6 is 0 Å². The quantitative estimate of drug-likeness (QED) is 0.355. The van der Waals surface area contributed by atoms with Gasteiger partial charge in [0.05, 0.1) is 16.1 Å². The fraction of sp³-hybridized carbons (Fsp3) is 0.176. The fourth-order valence-electron chi connectivity index (χ4n) is 2.05. The van der Waals surface area contributed by atoms with Crippen molar-refractivity contribution in [2.45, 2.75) is 19.2 Å². The average Bonchev–Trinajstić information content (AvgIpc) is 2.62. The number of nitrogens with one attached hydrogen (secondary N) is 1. The predicted molar refractivity (Wildman–Crippen MR) is 88.0 cm³/mol. The van der Waals surface area contributed by atoms with Crippen molar-refractivity contribution in [2.24, 2.45) is 0 Å². The van der Waals surface area contributed by atoms with Crippen LogP contribution in [0.15, 0.2) is 42.5 Å². The predicted octanol–water partition coefficient (Wildman–Crippen LogP) is 3.94. The van der Waals surface area contributed by atoms with Crippen LogP contribution in [0.3, 0.4) is 0 Å². The Labute approximate surface area is 155 Å². The maximum absolute atomic E-state index is 13.3. The first-order valence-corrected chi connectivity index (χ1v) is 7.62. The molecule has 1 atom stereocenters. The summed E-state index contributed by atoms with van der Waals surface area (Å²) in [6, 6.07) is 5.84. The molecule has 7 nitrogen and oxygen atoms in total. The van der Waals surface area contributed by atoms with E-state index >= 15 is 0 Å². The molecule has 0 unspecified atom stereocenters. The summed E-state index contributed by atoms with van der Waals surface area (Å²) in [6.07, 6.45) is -5.94. The monoisotopic (exact) mass is 400 g/mol. The Kier molecular flexibility index (Phi) is 5.96. The number of nitro benzene ring substituents is 1. The maximum atomic E-state index is 13.3. The van der Waals surface area contributed by atoms with E-state index < -0.39 is 46.1 Å². The van der Waals surface area contributed by atoms with Gasteiger partial charge in [0, 0.05) is 11.8 Å². The minimum absolute atomic E-state index is 0.101. The third-order valence-electron chi connectivity index (χ3n) is 3.51. The molecule has 0 spiro atoms. The minimum atomic E-state index is -4.56. The molecule has 2 aromatic carbocycles. The van der Waals surface area contributed by atoms with Gasteiger partial charge in [-0.1, -0.05) is 0 Å². The van der Waals surface area contributed by atoms with E-state index in [1.54, 1.807) is 0 Å². The summed E-state index contributed by atoms with van der Waals surface area (Å²) in [7, 11) is 0. The molecule has 2 rings (SSSR count). The highest BCUT2D eigenvalue weighted by atomic mass is 19.4. The lowest BCUT2D eigenvalue weighted by Gasteiger charge is -2.14. The van der Waals surface area contributed by atoms with Crippen LogP contribution in [0.1, 0.15) is 22.8 Å². The highest BCUT2D eigenvalue weighted by Crippen LogP contribution is 2.29. The van der Waals surface area contributed by atoms with E-state index in [2.05, 4.69) is 5.32 Å². The maximum Gasteiger partial charge on any atom is 0.416 e. The van der Waals surface area contributed by atoms with E-state index in [1.807, 2.05) is 0 Å². The Morgan fingerprint density at radius 1 is 1.14 bits per heavy atom. The van der Waals surface area contributed by atoms with Crippen molar-refractivity contribution in [3.05, 3.63) is 69.5 Å². The van der Waals surface area contributed by atoms with Gasteiger partial charge in [-0.25, -0.2) is 4.79 Å². The number of esters is 1. The lowest BCUT2D eigenvalue weighted by atomic mass is 10.1. The van der Waals surface area contributed by atoms with E-state index in [-0.39, 0.29) is 11.3 Å². The fourth-order valence-corrected chi connectivity index (χ4v) is 2.05. The molecule has 0 aliphatic carbocycles. The zero-order valence-electron chi connectivity index (χ0n) is 14.1. The molecular weight excluding hydrogens is 388 g/mol. The van der Waals surface area contributed by atoms with Gasteiger partial charge in [0.25, 0.3) is 5.91 Å². The normalized spacial score (nSPS) is 12.2. The number of ether oxygens (including phenoxy) is 1. The molecule has 11 heteroatoms. The third kappa shape index (κ3) is 5.02. The first kappa shape index (κ1) is 20.8. The van der Waals surface area contributed by atoms with Crippen molar-refractivity contribution in [1.82, 2.24) is 0 Å². The molecule has 0 radical (unpaired) electrons. The van der Waals surface area contributed by atoms with Crippen LogP contribution < -0.4 is 5.32 Å². The van der Waals surface area contributed by atoms with E-state index in [0.717, 1.165) is 30.3 Å². The molecule has 28 heavy (non-hydrogen) atoms. The highest BCUT2D eigenvalue weighted by Gasteiger charge is 2.30. The second kappa shape index (κ2) is 8.03. The second-order valence-corrected chi connectivity index (χ2v) is 5.54. The van der Waals surface area contributed by atoms with Crippen LogP contribution in [0.5, 0.6) is 0 Å². The highest BCUT2D eigenvalue weighted by molar-refractivity contribution is 5.97. The van der Waals surface area contributed by atoms with Gasteiger partial charge in [-0.3, -0.25) is 14.9 Å². The van der Waals surface area contributed by atoms with Crippen molar-refractivity contribution in [2.75, 3.05) is 5.32 Å². The van der Waals surface area contributed by atoms with Gasteiger partial charge in [-0.15, -0.1) is 0 Å². The summed E-state index contributed by atoms with van der Waals surface area (Å²) >= 11 is 0. The summed E-state index contributed by atoms with van der Waals surface area (Å²) in [4.78, 5) is 33.7. The summed E-state index contributed by atoms with van der Waals surface area (Å²) in [5.74, 6) is -3.01. The first-order valence-electron chi connectivity index (χ1n) is 7.62. The number of rotatable bonds is 5. The van der Waals surface area contributed by atoms with E-state index in [4.69, 9.17) is 4.74 Å². The number of hydrogen-bond donors (Lipinski definition) is 1. The Morgan fingerprint density at radius 3 is 2.29 bits per heavy atom. The Hall–Kier alpha value is -3.50. The van der Waals surface area contributed by atoms with Crippen molar-refractivity contribution < 1.29 is 36.8 Å². The molecule has 2 aromatic rings. The molecule has 0 saturated heterocycles. The number of carbonyl (C=O) groups is 2. The number of nitro groups is 1. The van der Waals surface area contributed by atoms with Crippen molar-refractivity contribution >= 4 is 23.3 Å². The topological polar surface area (TPSA) is 98.5 Å². The number of halogens is 4. The van der Waals surface area contributed by atoms with Gasteiger partial charge in [0.1, 0.15) is 0 Å². The number of hydrogen-bond acceptors (Lipinski definition) is 5. The minimum Gasteiger partial charge on any atom is -0.449 e. The van der Waals surface area contributed by atoms with Gasteiger partial charge in [0.2, 0.25) is 5.82 Å². The summed E-state index contributed by atoms with van der Waals surface area (Å²) in [6.45, 7) is 1.19. The van der Waals surface area contributed by atoms with Crippen LogP contribution in [-0.4, -0.2) is 22.9 Å². The van der Waals surface area contributed by atoms with Crippen molar-refractivity contribution in [3.63, 3.8) is 0 Å². The first-order chi connectivity index (χ1) is 13.0. The summed E-state index contributed by atoms with van der Waals surface area (Å²) in [5, 5.41) is 12.9. The van der Waals surface area contributed by atoms with Gasteiger partial charge in [0.15, 0.2) is 6.10 Å². The molecule has 0 saturated carbocycles. The molecular formula is C17H12F4N2O5. The van der Waals surface area contributed by atoms with Gasteiger partial charge >= 0.3 is 17.8 Å². The van der Waals surface area contributed by atoms with Gasteiger partial charge in [-0.05, 0) is 43.3 Å². The molecule has 1 N–H and O–H groups in total. The SMILES string of the molecule is C[C@@H](OC(=O)c1ccc(C(F)(F)F)cc1)C(=O)Nc1ccc(F)c([N+](=O)[O-])c1. The molecule has 0 bridgehead atoms. The van der Waals surface area contributed by atoms with Crippen molar-refractivity contribution in [1.29, 1.82) is 0 Å². The number of nitrogens with zero attached hydrogens (tertiary/aromatic N) is 1. The summed E-state index contributed by atoms with van der Waals surface area (Å²) < 4.78 is 55.7. The van der Waals surface area contributed by atoms with Crippen LogP contribution in [-0.2, 0) is 15.7 Å². The van der Waals surface area contributed by atoms with Crippen LogP contribution in [0.4, 0.5) is 28.9 Å². The molecule has 0 fully saturated rings. The lowest BCUT2D eigenvalue weighted by Crippen LogP contribution is -2.30. The largest absolute Gasteiger partial charge is 0.449 e. The Balaban J connectivity index is 2.03. The molecule has 0 aromatic heterocycles. The lowest BCUT2D eigenvalue weighted by molar-refractivity contribution is -0.387. The smallest absolute Gasteiger partial charge is 0.416 e. The van der Waals surface area contributed by atoms with Crippen LogP contribution in [0.25, 0.3) is 0 Å². The average molecular weight is 400 g/mol. The molecule has 148 valence electrons. The zero-order chi connectivity index (χ0) is 21.1. The number of anilines is 1. The van der Waals surface area contributed by atoms with Crippen molar-refractivity contribution in [3.8, 4) is 0 Å². The van der Waals surface area contributed by atoms with E-state index in [9.17, 15) is 37.3 Å². The summed E-state index contributed by atoms with van der Waals surface area (Å²) in [5.41, 5.74) is -2.11. The van der Waals surface area contributed by atoms with E-state index in [0.29, 0.717) is 12.1 Å². The second-order valence-electron chi connectivity index (χ2n) is 5.54. The van der Waals surface area contributed by atoms with E-state index in [1.165, 1.54) is 6.92 Å². The standard InChI is InChI=1S/C17H12F4N2O5/c1-9(15(24)22-12-6-7-13(18)14(8-12)23(26)27)28-16(25)10-2-4-11(5-3-10)17(19,20)21/h2-9H,1H3,(H,22,24)/t9-/m1/s1. The number of carbonyl (C=O) groups excluding carboxylic acids is 2. The number of benzene rings is 2. The van der Waals surface area contributed by atoms with Crippen LogP contribution in [0.2, 0.25) is 0 Å². The molecule has 0 aliphatic rings. The van der Waals surface area contributed by atoms with Gasteiger partial charge < -0.3 is 10.1 Å². The van der Waals surface area contributed by atoms with Crippen LogP contribution in [0, 0.1) is 15.9 Å². The molecule has 1 amide bonds. The molecule has 0 aliphatic heterocycles. The number of alkyl halides is 3. The third-order valence-corrected chi connectivity index (χ3v) is 3.51. The zero-order valence-corrected chi connectivity index (χ0v) is 14.1. The van der Waals surface area contributed by atoms with Gasteiger partial charge in [-0.2, -0.15) is 17.6 Å². The Bertz CT molecular complexity index is 913.